The monoisotopic (exact) mass is 380 g/mol. The first kappa shape index (κ1) is 17.7. The van der Waals surface area contributed by atoms with Gasteiger partial charge in [0.1, 0.15) is 12.3 Å². The van der Waals surface area contributed by atoms with Crippen molar-refractivity contribution in [1.29, 1.82) is 0 Å². The van der Waals surface area contributed by atoms with Gasteiger partial charge in [-0.3, -0.25) is 19.3 Å². The number of furan rings is 1. The van der Waals surface area contributed by atoms with Crippen molar-refractivity contribution in [3.05, 3.63) is 65.5 Å². The smallest absolute Gasteiger partial charge is 0.307 e. The minimum atomic E-state index is -0.540. The van der Waals surface area contributed by atoms with Gasteiger partial charge in [-0.2, -0.15) is 0 Å². The summed E-state index contributed by atoms with van der Waals surface area (Å²) in [4.78, 5) is 37.7. The molecule has 0 fully saturated rings. The van der Waals surface area contributed by atoms with Crippen LogP contribution in [-0.2, 0) is 27.4 Å². The van der Waals surface area contributed by atoms with E-state index < -0.39 is 5.97 Å². The van der Waals surface area contributed by atoms with Crippen LogP contribution in [-0.4, -0.2) is 34.4 Å². The summed E-state index contributed by atoms with van der Waals surface area (Å²) in [7, 11) is 0. The number of imide groups is 1. The van der Waals surface area contributed by atoms with Gasteiger partial charge in [0.15, 0.2) is 5.76 Å². The van der Waals surface area contributed by atoms with E-state index in [1.54, 1.807) is 42.5 Å². The van der Waals surface area contributed by atoms with Crippen LogP contribution in [0.4, 0.5) is 0 Å². The van der Waals surface area contributed by atoms with Gasteiger partial charge in [-0.15, -0.1) is 0 Å². The van der Waals surface area contributed by atoms with Crippen LogP contribution >= 0.6 is 0 Å². The predicted octanol–water partition coefficient (Wildman–Crippen LogP) is 2.59. The van der Waals surface area contributed by atoms with Crippen molar-refractivity contribution < 1.29 is 28.1 Å². The predicted molar refractivity (Wildman–Crippen MR) is 94.8 cm³/mol. The number of nitrogens with zero attached hydrogens (tertiary/aromatic N) is 2. The molecule has 0 bridgehead atoms. The Balaban J connectivity index is 1.30. The topological polar surface area (TPSA) is 103 Å². The van der Waals surface area contributed by atoms with Crippen LogP contribution < -0.4 is 0 Å². The van der Waals surface area contributed by atoms with Crippen molar-refractivity contribution in [2.24, 2.45) is 0 Å². The van der Waals surface area contributed by atoms with Crippen LogP contribution in [0.2, 0.25) is 0 Å². The lowest BCUT2D eigenvalue weighted by Crippen LogP contribution is -2.43. The van der Waals surface area contributed by atoms with Crippen molar-refractivity contribution >= 4 is 17.8 Å². The first-order valence-corrected chi connectivity index (χ1v) is 8.69. The Bertz CT molecular complexity index is 1020. The summed E-state index contributed by atoms with van der Waals surface area (Å²) in [6.45, 7) is -0.102. The Morgan fingerprint density at radius 2 is 2.00 bits per heavy atom. The van der Waals surface area contributed by atoms with E-state index in [2.05, 4.69) is 5.16 Å². The molecular formula is C20H16N2O6. The fourth-order valence-electron chi connectivity index (χ4n) is 2.97. The van der Waals surface area contributed by atoms with Gasteiger partial charge in [0.05, 0.1) is 19.1 Å². The number of carbonyl (C=O) groups excluding carboxylic acids is 3. The van der Waals surface area contributed by atoms with E-state index in [1.165, 1.54) is 6.26 Å². The standard InChI is InChI=1S/C20H16N2O6/c23-18-10-13-4-1-2-5-15(13)20(25)22(18)8-7-19(24)27-12-14-11-17(28-21-14)16-6-3-9-26-16/h1-6,9,11H,7-8,10,12H2. The molecule has 8 nitrogen and oxygen atoms in total. The number of rotatable bonds is 6. The van der Waals surface area contributed by atoms with E-state index in [-0.39, 0.29) is 37.8 Å². The molecule has 1 aromatic carbocycles. The molecule has 3 aromatic rings. The molecular weight excluding hydrogens is 364 g/mol. The zero-order chi connectivity index (χ0) is 19.5. The third-order valence-electron chi connectivity index (χ3n) is 4.38. The number of aromatic nitrogens is 1. The zero-order valence-electron chi connectivity index (χ0n) is 14.8. The molecule has 0 unspecified atom stereocenters. The molecule has 0 atom stereocenters. The summed E-state index contributed by atoms with van der Waals surface area (Å²) < 4.78 is 15.5. The van der Waals surface area contributed by atoms with Crippen LogP contribution in [0.1, 0.15) is 28.0 Å². The molecule has 142 valence electrons. The molecule has 1 aliphatic heterocycles. The third-order valence-corrected chi connectivity index (χ3v) is 4.38. The van der Waals surface area contributed by atoms with Crippen molar-refractivity contribution in [3.8, 4) is 11.5 Å². The van der Waals surface area contributed by atoms with E-state index in [0.29, 0.717) is 28.3 Å². The van der Waals surface area contributed by atoms with E-state index in [4.69, 9.17) is 13.7 Å². The molecule has 0 spiro atoms. The summed E-state index contributed by atoms with van der Waals surface area (Å²) >= 11 is 0. The highest BCUT2D eigenvalue weighted by atomic mass is 16.5. The number of esters is 1. The van der Waals surface area contributed by atoms with Gasteiger partial charge < -0.3 is 13.7 Å². The maximum Gasteiger partial charge on any atom is 0.307 e. The highest BCUT2D eigenvalue weighted by Crippen LogP contribution is 2.21. The minimum Gasteiger partial charge on any atom is -0.461 e. The summed E-state index contributed by atoms with van der Waals surface area (Å²) in [6, 6.07) is 12.0. The van der Waals surface area contributed by atoms with E-state index in [0.717, 1.165) is 4.90 Å². The van der Waals surface area contributed by atoms with Gasteiger partial charge in [-0.25, -0.2) is 0 Å². The molecule has 8 heteroatoms. The van der Waals surface area contributed by atoms with Gasteiger partial charge >= 0.3 is 5.97 Å². The van der Waals surface area contributed by atoms with Crippen molar-refractivity contribution in [2.45, 2.75) is 19.4 Å². The number of ether oxygens (including phenoxy) is 1. The first-order valence-electron chi connectivity index (χ1n) is 8.69. The summed E-state index contributed by atoms with van der Waals surface area (Å²) in [5, 5.41) is 3.81. The van der Waals surface area contributed by atoms with Gasteiger partial charge in [-0.1, -0.05) is 23.4 Å². The Kier molecular flexibility index (Phi) is 4.76. The average Bonchev–Trinajstić information content (AvgIpc) is 3.38. The largest absolute Gasteiger partial charge is 0.461 e. The van der Waals surface area contributed by atoms with E-state index in [9.17, 15) is 14.4 Å². The number of carbonyl (C=O) groups is 3. The summed E-state index contributed by atoms with van der Waals surface area (Å²) in [5.41, 5.74) is 1.62. The SMILES string of the molecule is O=C(CCN1C(=O)Cc2ccccc2C1=O)OCc1cc(-c2ccco2)on1. The van der Waals surface area contributed by atoms with Crippen LogP contribution in [0.5, 0.6) is 0 Å². The molecule has 0 saturated heterocycles. The van der Waals surface area contributed by atoms with Crippen molar-refractivity contribution in [3.63, 3.8) is 0 Å². The van der Waals surface area contributed by atoms with Gasteiger partial charge in [0.2, 0.25) is 11.7 Å². The number of hydrogen-bond donors (Lipinski definition) is 0. The Hall–Kier alpha value is -3.68. The lowest BCUT2D eigenvalue weighted by Gasteiger charge is -2.26. The van der Waals surface area contributed by atoms with E-state index in [1.807, 2.05) is 0 Å². The first-order chi connectivity index (χ1) is 13.6. The van der Waals surface area contributed by atoms with Crippen molar-refractivity contribution in [1.82, 2.24) is 10.1 Å². The second-order valence-electron chi connectivity index (χ2n) is 6.25. The fraction of sp³-hybridized carbons (Fsp3) is 0.200. The minimum absolute atomic E-state index is 0.0265. The molecule has 0 saturated carbocycles. The maximum atomic E-state index is 12.5. The third kappa shape index (κ3) is 3.57. The molecule has 1 aliphatic rings. The lowest BCUT2D eigenvalue weighted by molar-refractivity contribution is -0.145. The van der Waals surface area contributed by atoms with Gasteiger partial charge in [0.25, 0.3) is 5.91 Å². The van der Waals surface area contributed by atoms with Crippen LogP contribution in [0.15, 0.2) is 57.7 Å². The second kappa shape index (κ2) is 7.51. The molecule has 0 aliphatic carbocycles. The Labute approximate surface area is 159 Å². The molecule has 2 aromatic heterocycles. The van der Waals surface area contributed by atoms with E-state index >= 15 is 0 Å². The maximum absolute atomic E-state index is 12.5. The highest BCUT2D eigenvalue weighted by molar-refractivity contribution is 6.09. The molecule has 4 rings (SSSR count). The fourth-order valence-corrected chi connectivity index (χ4v) is 2.97. The zero-order valence-corrected chi connectivity index (χ0v) is 14.8. The number of benzene rings is 1. The Morgan fingerprint density at radius 1 is 1.14 bits per heavy atom. The van der Waals surface area contributed by atoms with Crippen LogP contribution in [0, 0.1) is 0 Å². The number of hydrogen-bond acceptors (Lipinski definition) is 7. The number of amides is 2. The van der Waals surface area contributed by atoms with Crippen LogP contribution in [0.3, 0.4) is 0 Å². The highest BCUT2D eigenvalue weighted by Gasteiger charge is 2.30. The van der Waals surface area contributed by atoms with Crippen LogP contribution in [0.25, 0.3) is 11.5 Å². The number of fused-ring (bicyclic) bond motifs is 1. The normalized spacial score (nSPS) is 13.5. The Morgan fingerprint density at radius 3 is 2.82 bits per heavy atom. The van der Waals surface area contributed by atoms with Gasteiger partial charge in [0, 0.05) is 18.2 Å². The molecule has 28 heavy (non-hydrogen) atoms. The van der Waals surface area contributed by atoms with Gasteiger partial charge in [-0.05, 0) is 23.8 Å². The molecule has 2 amide bonds. The van der Waals surface area contributed by atoms with Crippen molar-refractivity contribution in [2.75, 3.05) is 6.54 Å². The quantitative estimate of drug-likeness (QED) is 0.478. The average molecular weight is 380 g/mol. The molecule has 3 heterocycles. The lowest BCUT2D eigenvalue weighted by atomic mass is 9.98. The molecule has 0 N–H and O–H groups in total. The second-order valence-corrected chi connectivity index (χ2v) is 6.25. The summed E-state index contributed by atoms with van der Waals surface area (Å²) in [6.07, 6.45) is 1.56. The molecule has 0 radical (unpaired) electrons. The summed E-state index contributed by atoms with van der Waals surface area (Å²) in [5.74, 6) is -0.302.